The van der Waals surface area contributed by atoms with Gasteiger partial charge in [0.2, 0.25) is 5.91 Å². The van der Waals surface area contributed by atoms with Crippen LogP contribution in [0.3, 0.4) is 0 Å². The van der Waals surface area contributed by atoms with E-state index in [-0.39, 0.29) is 37.1 Å². The van der Waals surface area contributed by atoms with Gasteiger partial charge in [-0.1, -0.05) is 30.3 Å². The van der Waals surface area contributed by atoms with Crippen LogP contribution < -0.4 is 10.6 Å². The van der Waals surface area contributed by atoms with E-state index in [9.17, 15) is 19.2 Å². The fraction of sp³-hybridized carbons (Fsp3) is 0.273. The number of rotatable bonds is 10. The van der Waals surface area contributed by atoms with Gasteiger partial charge in [0, 0.05) is 11.4 Å². The zero-order valence-corrected chi connectivity index (χ0v) is 17.7. The molecule has 0 bridgehead atoms. The van der Waals surface area contributed by atoms with Crippen LogP contribution in [0.25, 0.3) is 0 Å². The van der Waals surface area contributed by atoms with Gasteiger partial charge in [0.05, 0.1) is 18.7 Å². The van der Waals surface area contributed by atoms with Crippen LogP contribution in [0, 0.1) is 0 Å². The normalized spacial score (nSPS) is 13.1. The molecule has 0 spiro atoms. The number of thioether (sulfide) groups is 1. The van der Waals surface area contributed by atoms with Crippen LogP contribution >= 0.6 is 11.8 Å². The van der Waals surface area contributed by atoms with Gasteiger partial charge < -0.3 is 15.4 Å². The predicted octanol–water partition coefficient (Wildman–Crippen LogP) is 2.19. The summed E-state index contributed by atoms with van der Waals surface area (Å²) in [5, 5.41) is 5.18. The Balaban J connectivity index is 1.33. The van der Waals surface area contributed by atoms with Gasteiger partial charge in [-0.3, -0.25) is 14.5 Å². The highest BCUT2D eigenvalue weighted by Crippen LogP contribution is 2.17. The topological polar surface area (TPSA) is 105 Å². The molecule has 4 amide bonds. The molecule has 1 aliphatic rings. The Morgan fingerprint density at radius 2 is 1.81 bits per heavy atom. The molecule has 9 heteroatoms. The molecule has 2 N–H and O–H groups in total. The van der Waals surface area contributed by atoms with Crippen LogP contribution in [0.2, 0.25) is 0 Å². The van der Waals surface area contributed by atoms with Crippen LogP contribution in [-0.2, 0) is 20.9 Å². The van der Waals surface area contributed by atoms with E-state index >= 15 is 0 Å². The van der Waals surface area contributed by atoms with Gasteiger partial charge in [0.15, 0.2) is 6.61 Å². The molecule has 8 nitrogen and oxygen atoms in total. The summed E-state index contributed by atoms with van der Waals surface area (Å²) in [6, 6.07) is 15.9. The Bertz CT molecular complexity index is 918. The van der Waals surface area contributed by atoms with Gasteiger partial charge in [-0.2, -0.15) is 0 Å². The smallest absolute Gasteiger partial charge is 0.338 e. The largest absolute Gasteiger partial charge is 0.452 e. The van der Waals surface area contributed by atoms with Crippen LogP contribution in [0.5, 0.6) is 0 Å². The molecule has 2 aromatic carbocycles. The highest BCUT2D eigenvalue weighted by molar-refractivity contribution is 7.99. The number of nitrogens with one attached hydrogen (secondary N) is 2. The number of amides is 4. The molecule has 1 aliphatic heterocycles. The summed E-state index contributed by atoms with van der Waals surface area (Å²) in [6.45, 7) is 0.282. The number of esters is 1. The lowest BCUT2D eigenvalue weighted by atomic mass is 10.1. The average molecular weight is 442 g/mol. The molecule has 0 atom stereocenters. The summed E-state index contributed by atoms with van der Waals surface area (Å²) in [5.74, 6) is -0.385. The number of hydrogen-bond donors (Lipinski definition) is 2. The number of imide groups is 1. The molecule has 3 rings (SSSR count). The maximum atomic E-state index is 12.1. The first kappa shape index (κ1) is 22.4. The lowest BCUT2D eigenvalue weighted by molar-refractivity contribution is -0.125. The molecule has 2 aromatic rings. The minimum Gasteiger partial charge on any atom is -0.452 e. The number of nitrogens with zero attached hydrogens (tertiary/aromatic N) is 1. The van der Waals surface area contributed by atoms with E-state index in [0.717, 1.165) is 17.1 Å². The molecule has 0 saturated carbocycles. The SMILES string of the molecule is O=C(COC(=O)c1ccc(CN2C(=O)CNC2=O)cc1)NCCCSc1ccccc1. The molecule has 0 aromatic heterocycles. The lowest BCUT2D eigenvalue weighted by Crippen LogP contribution is -2.30. The van der Waals surface area contributed by atoms with Crippen molar-refractivity contribution in [2.75, 3.05) is 25.4 Å². The molecule has 0 aliphatic carbocycles. The van der Waals surface area contributed by atoms with Crippen molar-refractivity contribution < 1.29 is 23.9 Å². The quantitative estimate of drug-likeness (QED) is 0.254. The average Bonchev–Trinajstić information content (AvgIpc) is 3.10. The van der Waals surface area contributed by atoms with Crippen molar-refractivity contribution in [2.24, 2.45) is 0 Å². The van der Waals surface area contributed by atoms with Crippen LogP contribution in [0.4, 0.5) is 4.79 Å². The summed E-state index contributed by atoms with van der Waals surface area (Å²) >= 11 is 1.72. The fourth-order valence-electron chi connectivity index (χ4n) is 2.82. The molecular formula is C22H23N3O5S. The maximum absolute atomic E-state index is 12.1. The molecule has 31 heavy (non-hydrogen) atoms. The molecular weight excluding hydrogens is 418 g/mol. The molecule has 1 fully saturated rings. The van der Waals surface area contributed by atoms with Gasteiger partial charge in [0.25, 0.3) is 5.91 Å². The van der Waals surface area contributed by atoms with Crippen molar-refractivity contribution in [3.05, 3.63) is 65.7 Å². The minimum atomic E-state index is -0.615. The van der Waals surface area contributed by atoms with Gasteiger partial charge in [-0.15, -0.1) is 11.8 Å². The fourth-order valence-corrected chi connectivity index (χ4v) is 3.69. The summed E-state index contributed by atoms with van der Waals surface area (Å²) in [5.41, 5.74) is 0.987. The third-order valence-electron chi connectivity index (χ3n) is 4.46. The number of carbonyl (C=O) groups excluding carboxylic acids is 4. The van der Waals surface area contributed by atoms with Crippen molar-refractivity contribution in [1.29, 1.82) is 0 Å². The van der Waals surface area contributed by atoms with Crippen molar-refractivity contribution in [3.8, 4) is 0 Å². The highest BCUT2D eigenvalue weighted by Gasteiger charge is 2.28. The van der Waals surface area contributed by atoms with E-state index in [4.69, 9.17) is 4.74 Å². The second-order valence-corrected chi connectivity index (χ2v) is 7.94. The van der Waals surface area contributed by atoms with Crippen molar-refractivity contribution in [3.63, 3.8) is 0 Å². The molecule has 1 saturated heterocycles. The van der Waals surface area contributed by atoms with Crippen molar-refractivity contribution in [1.82, 2.24) is 15.5 Å². The van der Waals surface area contributed by atoms with E-state index in [0.29, 0.717) is 12.1 Å². The second-order valence-electron chi connectivity index (χ2n) is 6.78. The third kappa shape index (κ3) is 6.85. The Hall–Kier alpha value is -3.33. The van der Waals surface area contributed by atoms with Crippen molar-refractivity contribution in [2.45, 2.75) is 17.9 Å². The van der Waals surface area contributed by atoms with Crippen LogP contribution in [0.1, 0.15) is 22.3 Å². The Labute approximate surface area is 184 Å². The summed E-state index contributed by atoms with van der Waals surface area (Å²) in [4.78, 5) is 49.4. The number of benzene rings is 2. The Morgan fingerprint density at radius 1 is 1.06 bits per heavy atom. The second kappa shape index (κ2) is 11.2. The molecule has 1 heterocycles. The predicted molar refractivity (Wildman–Crippen MR) is 115 cm³/mol. The standard InChI is InChI=1S/C22H23N3O5S/c26-19(23-11-4-12-31-18-5-2-1-3-6-18)15-30-21(28)17-9-7-16(8-10-17)14-25-20(27)13-24-22(25)29/h1-3,5-10H,4,11-15H2,(H,23,26)(H,24,29). The van der Waals surface area contributed by atoms with Gasteiger partial charge in [-0.25, -0.2) is 9.59 Å². The Morgan fingerprint density at radius 3 is 2.48 bits per heavy atom. The zero-order valence-electron chi connectivity index (χ0n) is 16.8. The van der Waals surface area contributed by atoms with E-state index in [1.165, 1.54) is 17.0 Å². The van der Waals surface area contributed by atoms with E-state index in [1.54, 1.807) is 23.9 Å². The first-order chi connectivity index (χ1) is 15.0. The number of ether oxygens (including phenoxy) is 1. The zero-order chi connectivity index (χ0) is 22.1. The van der Waals surface area contributed by atoms with E-state index in [1.807, 2.05) is 30.3 Å². The summed E-state index contributed by atoms with van der Waals surface area (Å²) in [6.07, 6.45) is 0.804. The third-order valence-corrected chi connectivity index (χ3v) is 5.56. The maximum Gasteiger partial charge on any atom is 0.338 e. The first-order valence-electron chi connectivity index (χ1n) is 9.82. The number of hydrogen-bond acceptors (Lipinski definition) is 6. The minimum absolute atomic E-state index is 0.00281. The van der Waals surface area contributed by atoms with Gasteiger partial charge in [-0.05, 0) is 42.0 Å². The molecule has 0 radical (unpaired) electrons. The van der Waals surface area contributed by atoms with Gasteiger partial charge >= 0.3 is 12.0 Å². The first-order valence-corrected chi connectivity index (χ1v) is 10.8. The summed E-state index contributed by atoms with van der Waals surface area (Å²) in [7, 11) is 0. The highest BCUT2D eigenvalue weighted by atomic mass is 32.2. The van der Waals surface area contributed by atoms with Crippen molar-refractivity contribution >= 4 is 35.6 Å². The Kier molecular flexibility index (Phi) is 8.05. The lowest BCUT2D eigenvalue weighted by Gasteiger charge is -2.12. The number of carbonyl (C=O) groups is 4. The van der Waals surface area contributed by atoms with Gasteiger partial charge in [0.1, 0.15) is 0 Å². The summed E-state index contributed by atoms with van der Waals surface area (Å²) < 4.78 is 5.04. The molecule has 0 unspecified atom stereocenters. The van der Waals surface area contributed by atoms with E-state index < -0.39 is 12.0 Å². The van der Waals surface area contributed by atoms with E-state index in [2.05, 4.69) is 10.6 Å². The number of urea groups is 1. The van der Waals surface area contributed by atoms with Crippen LogP contribution in [-0.4, -0.2) is 54.2 Å². The monoisotopic (exact) mass is 441 g/mol. The van der Waals surface area contributed by atoms with Crippen LogP contribution in [0.15, 0.2) is 59.5 Å². The molecule has 162 valence electrons.